The van der Waals surface area contributed by atoms with Crippen molar-refractivity contribution in [1.82, 2.24) is 15.1 Å². The van der Waals surface area contributed by atoms with Crippen LogP contribution in [0, 0.1) is 0 Å². The zero-order valence-electron chi connectivity index (χ0n) is 15.9. The molecule has 156 valence electrons. The largest absolute Gasteiger partial charge is 0.433 e. The minimum absolute atomic E-state index is 0.0106. The predicted molar refractivity (Wildman–Crippen MR) is 98.4 cm³/mol. The van der Waals surface area contributed by atoms with E-state index in [-0.39, 0.29) is 29.6 Å². The minimum atomic E-state index is -4.54. The quantitative estimate of drug-likeness (QED) is 0.762. The van der Waals surface area contributed by atoms with E-state index in [0.29, 0.717) is 12.8 Å². The molecule has 3 rings (SSSR count). The van der Waals surface area contributed by atoms with E-state index in [1.54, 1.807) is 0 Å². The molecule has 2 amide bonds. The summed E-state index contributed by atoms with van der Waals surface area (Å²) in [6.07, 6.45) is -2.28. The number of carbonyl (C=O) groups is 2. The second kappa shape index (κ2) is 8.24. The summed E-state index contributed by atoms with van der Waals surface area (Å²) < 4.78 is 45.3. The van der Waals surface area contributed by atoms with E-state index >= 15 is 0 Å². The van der Waals surface area contributed by atoms with E-state index in [1.165, 1.54) is 24.3 Å². The van der Waals surface area contributed by atoms with Crippen molar-refractivity contribution in [2.75, 3.05) is 5.32 Å². The van der Waals surface area contributed by atoms with Crippen LogP contribution in [0.25, 0.3) is 5.69 Å². The van der Waals surface area contributed by atoms with Crippen LogP contribution in [-0.4, -0.2) is 39.8 Å². The molecular weight excluding hydrogens is 389 g/mol. The monoisotopic (exact) mass is 410 g/mol. The highest BCUT2D eigenvalue weighted by Gasteiger charge is 2.35. The number of amides is 2. The maximum atomic E-state index is 13.0. The van der Waals surface area contributed by atoms with Crippen LogP contribution in [0.15, 0.2) is 36.5 Å². The number of nitrogens with zero attached hydrogens (tertiary/aromatic N) is 2. The molecule has 1 aliphatic rings. The first kappa shape index (κ1) is 20.8. The molecular formula is C19H21F3N4O3. The number of ether oxygens (including phenoxy) is 1. The Morgan fingerprint density at radius 3 is 2.28 bits per heavy atom. The van der Waals surface area contributed by atoms with E-state index in [9.17, 15) is 22.8 Å². The van der Waals surface area contributed by atoms with Gasteiger partial charge in [0.25, 0.3) is 0 Å². The van der Waals surface area contributed by atoms with Crippen LogP contribution >= 0.6 is 0 Å². The number of halogens is 3. The third-order valence-corrected chi connectivity index (χ3v) is 4.54. The van der Waals surface area contributed by atoms with Gasteiger partial charge in [-0.05, 0) is 57.0 Å². The summed E-state index contributed by atoms with van der Waals surface area (Å²) in [7, 11) is 0. The lowest BCUT2D eigenvalue weighted by Gasteiger charge is -2.32. The Morgan fingerprint density at radius 1 is 1.07 bits per heavy atom. The number of aromatic nitrogens is 2. The van der Waals surface area contributed by atoms with Crippen molar-refractivity contribution >= 4 is 17.5 Å². The Hall–Kier alpha value is -2.88. The maximum Gasteiger partial charge on any atom is 0.433 e. The van der Waals surface area contributed by atoms with Crippen LogP contribution in [0.1, 0.15) is 32.4 Å². The lowest BCUT2D eigenvalue weighted by atomic mass is 10.00. The molecule has 1 fully saturated rings. The lowest BCUT2D eigenvalue weighted by Crippen LogP contribution is -2.47. The molecule has 0 spiro atoms. The summed E-state index contributed by atoms with van der Waals surface area (Å²) >= 11 is 0. The van der Waals surface area contributed by atoms with Crippen molar-refractivity contribution in [1.29, 1.82) is 0 Å². The van der Waals surface area contributed by atoms with Gasteiger partial charge in [-0.25, -0.2) is 4.68 Å². The van der Waals surface area contributed by atoms with Crippen LogP contribution in [0.2, 0.25) is 0 Å². The van der Waals surface area contributed by atoms with Crippen LogP contribution in [0.4, 0.5) is 18.9 Å². The second-order valence-electron chi connectivity index (χ2n) is 7.03. The van der Waals surface area contributed by atoms with Gasteiger partial charge in [-0.15, -0.1) is 0 Å². The van der Waals surface area contributed by atoms with Gasteiger partial charge in [0.1, 0.15) is 5.69 Å². The van der Waals surface area contributed by atoms with Crippen molar-refractivity contribution < 1.29 is 27.5 Å². The van der Waals surface area contributed by atoms with Gasteiger partial charge < -0.3 is 15.4 Å². The Kier molecular flexibility index (Phi) is 5.92. The fourth-order valence-corrected chi connectivity index (χ4v) is 3.37. The molecule has 2 aromatic rings. The number of hydrogen-bond acceptors (Lipinski definition) is 4. The van der Waals surface area contributed by atoms with Gasteiger partial charge in [-0.2, -0.15) is 18.3 Å². The first-order chi connectivity index (χ1) is 13.6. The Labute approximate surface area is 165 Å². The zero-order chi connectivity index (χ0) is 21.2. The fraction of sp³-hybridized carbons (Fsp3) is 0.421. The smallest absolute Gasteiger partial charge is 0.375 e. The van der Waals surface area contributed by atoms with Crippen molar-refractivity contribution in [2.24, 2.45) is 0 Å². The molecule has 2 atom stereocenters. The van der Waals surface area contributed by atoms with Gasteiger partial charge in [0.05, 0.1) is 24.1 Å². The average Bonchev–Trinajstić information content (AvgIpc) is 3.11. The van der Waals surface area contributed by atoms with Crippen molar-refractivity contribution in [2.45, 2.75) is 51.1 Å². The lowest BCUT2D eigenvalue weighted by molar-refractivity contribution is -0.142. The summed E-state index contributed by atoms with van der Waals surface area (Å²) in [5.41, 5.74) is -0.452. The normalized spacial score (nSPS) is 22.2. The van der Waals surface area contributed by atoms with Gasteiger partial charge >= 0.3 is 18.0 Å². The molecule has 1 saturated heterocycles. The second-order valence-corrected chi connectivity index (χ2v) is 7.03. The summed E-state index contributed by atoms with van der Waals surface area (Å²) in [6.45, 7) is 3.81. The van der Waals surface area contributed by atoms with Crippen molar-refractivity contribution in [3.63, 3.8) is 0 Å². The molecule has 1 aliphatic heterocycles. The maximum absolute atomic E-state index is 13.0. The number of carbonyl (C=O) groups excluding carboxylic acids is 2. The molecule has 2 unspecified atom stereocenters. The van der Waals surface area contributed by atoms with E-state index < -0.39 is 23.7 Å². The van der Waals surface area contributed by atoms with Crippen molar-refractivity contribution in [3.8, 4) is 5.69 Å². The van der Waals surface area contributed by atoms with Crippen molar-refractivity contribution in [3.05, 3.63) is 42.2 Å². The molecule has 2 heterocycles. The van der Waals surface area contributed by atoms with Gasteiger partial charge in [0.2, 0.25) is 0 Å². The standard InChI is InChI=1S/C19H21F3N4O3/c1-11-9-14(10-12(2)29-11)25-18(28)17(27)24-13-3-5-15(6-4-13)26-16(7-8-23-26)19(20,21)22/h3-8,11-12,14H,9-10H2,1-2H3,(H,24,27)(H,25,28). The highest BCUT2D eigenvalue weighted by atomic mass is 19.4. The molecule has 0 saturated carbocycles. The zero-order valence-corrected chi connectivity index (χ0v) is 15.9. The van der Waals surface area contributed by atoms with E-state index in [4.69, 9.17) is 4.74 Å². The number of benzene rings is 1. The first-order valence-corrected chi connectivity index (χ1v) is 9.12. The summed E-state index contributed by atoms with van der Waals surface area (Å²) in [5, 5.41) is 8.81. The minimum Gasteiger partial charge on any atom is -0.375 e. The van der Waals surface area contributed by atoms with Crippen LogP contribution in [-0.2, 0) is 20.5 Å². The molecule has 1 aromatic carbocycles. The highest BCUT2D eigenvalue weighted by Crippen LogP contribution is 2.30. The topological polar surface area (TPSA) is 85.3 Å². The highest BCUT2D eigenvalue weighted by molar-refractivity contribution is 6.39. The van der Waals surface area contributed by atoms with Gasteiger partial charge in [-0.1, -0.05) is 0 Å². The molecule has 0 radical (unpaired) electrons. The third-order valence-electron chi connectivity index (χ3n) is 4.54. The van der Waals surface area contributed by atoms with E-state index in [1.807, 2.05) is 13.8 Å². The summed E-state index contributed by atoms with van der Waals surface area (Å²) in [4.78, 5) is 24.3. The van der Waals surface area contributed by atoms with Gasteiger partial charge in [0.15, 0.2) is 0 Å². The van der Waals surface area contributed by atoms with Crippen LogP contribution < -0.4 is 10.6 Å². The third kappa shape index (κ3) is 5.14. The molecule has 2 N–H and O–H groups in total. The molecule has 10 heteroatoms. The van der Waals surface area contributed by atoms with Gasteiger partial charge in [0, 0.05) is 11.7 Å². The molecule has 1 aromatic heterocycles. The average molecular weight is 410 g/mol. The predicted octanol–water partition coefficient (Wildman–Crippen LogP) is 2.90. The summed E-state index contributed by atoms with van der Waals surface area (Å²) in [5.74, 6) is -1.62. The number of nitrogens with one attached hydrogen (secondary N) is 2. The number of hydrogen-bond donors (Lipinski definition) is 2. The SMILES string of the molecule is CC1CC(NC(=O)C(=O)Nc2ccc(-n3nccc3C(F)(F)F)cc2)CC(C)O1. The van der Waals surface area contributed by atoms with E-state index in [2.05, 4.69) is 15.7 Å². The molecule has 0 bridgehead atoms. The Balaban J connectivity index is 1.62. The molecule has 0 aliphatic carbocycles. The number of anilines is 1. The number of alkyl halides is 3. The molecule has 29 heavy (non-hydrogen) atoms. The molecule has 7 nitrogen and oxygen atoms in total. The Morgan fingerprint density at radius 2 is 1.69 bits per heavy atom. The van der Waals surface area contributed by atoms with Gasteiger partial charge in [-0.3, -0.25) is 9.59 Å². The van der Waals surface area contributed by atoms with E-state index in [0.717, 1.165) is 16.9 Å². The van der Waals surface area contributed by atoms with Crippen LogP contribution in [0.3, 0.4) is 0 Å². The fourth-order valence-electron chi connectivity index (χ4n) is 3.37. The number of rotatable bonds is 3. The summed E-state index contributed by atoms with van der Waals surface area (Å²) in [6, 6.07) is 6.27. The Bertz CT molecular complexity index is 870. The first-order valence-electron chi connectivity index (χ1n) is 9.12. The van der Waals surface area contributed by atoms with Crippen LogP contribution in [0.5, 0.6) is 0 Å².